The lowest BCUT2D eigenvalue weighted by Gasteiger charge is -2.06. The summed E-state index contributed by atoms with van der Waals surface area (Å²) in [7, 11) is 0. The van der Waals surface area contributed by atoms with Gasteiger partial charge in [-0.05, 0) is 29.8 Å². The summed E-state index contributed by atoms with van der Waals surface area (Å²) in [4.78, 5) is 11.6. The van der Waals surface area contributed by atoms with Crippen molar-refractivity contribution in [3.63, 3.8) is 0 Å². The molecule has 0 aliphatic heterocycles. The molecule has 2 rings (SSSR count). The average molecular weight is 368 g/mol. The van der Waals surface area contributed by atoms with Crippen molar-refractivity contribution in [2.45, 2.75) is 0 Å². The molecule has 0 saturated heterocycles. The quantitative estimate of drug-likeness (QED) is 0.648. The number of hydrogen-bond acceptors (Lipinski definition) is 3. The number of para-hydroxylation sites is 1. The van der Waals surface area contributed by atoms with Crippen molar-refractivity contribution >= 4 is 39.7 Å². The van der Waals surface area contributed by atoms with Crippen molar-refractivity contribution in [2.75, 3.05) is 6.61 Å². The molecule has 1 N–H and O–H groups in total. The highest BCUT2D eigenvalue weighted by atomic mass is 79.9. The van der Waals surface area contributed by atoms with Crippen molar-refractivity contribution in [2.24, 2.45) is 5.10 Å². The number of halogens is 2. The molecule has 0 aliphatic rings. The fourth-order valence-electron chi connectivity index (χ4n) is 1.50. The molecule has 4 nitrogen and oxygen atoms in total. The van der Waals surface area contributed by atoms with Crippen LogP contribution < -0.4 is 10.2 Å². The van der Waals surface area contributed by atoms with E-state index in [2.05, 4.69) is 26.5 Å². The number of nitrogens with zero attached hydrogens (tertiary/aromatic N) is 1. The molecule has 0 bridgehead atoms. The lowest BCUT2D eigenvalue weighted by molar-refractivity contribution is -0.123. The second kappa shape index (κ2) is 7.81. The summed E-state index contributed by atoms with van der Waals surface area (Å²) in [6.45, 7) is -0.153. The molecule has 0 fully saturated rings. The van der Waals surface area contributed by atoms with Gasteiger partial charge in [-0.15, -0.1) is 0 Å². The Morgan fingerprint density at radius 1 is 1.29 bits per heavy atom. The normalized spacial score (nSPS) is 10.6. The minimum absolute atomic E-state index is 0.153. The van der Waals surface area contributed by atoms with E-state index in [1.807, 2.05) is 24.3 Å². The molecule has 21 heavy (non-hydrogen) atoms. The molecule has 0 saturated carbocycles. The number of rotatable bonds is 5. The first-order valence-corrected chi connectivity index (χ1v) is 7.27. The predicted octanol–water partition coefficient (Wildman–Crippen LogP) is 3.63. The van der Waals surface area contributed by atoms with Crippen LogP contribution in [0.3, 0.4) is 0 Å². The monoisotopic (exact) mass is 366 g/mol. The van der Waals surface area contributed by atoms with E-state index < -0.39 is 0 Å². The van der Waals surface area contributed by atoms with E-state index in [9.17, 15) is 4.79 Å². The van der Waals surface area contributed by atoms with Crippen LogP contribution in [0.2, 0.25) is 5.02 Å². The summed E-state index contributed by atoms with van der Waals surface area (Å²) >= 11 is 9.28. The Hall–Kier alpha value is -1.85. The molecular formula is C15H12BrClN2O2. The zero-order valence-electron chi connectivity index (χ0n) is 10.9. The minimum atomic E-state index is -0.360. The molecule has 0 heterocycles. The number of amides is 1. The van der Waals surface area contributed by atoms with Gasteiger partial charge in [0.25, 0.3) is 5.91 Å². The summed E-state index contributed by atoms with van der Waals surface area (Å²) in [6, 6.07) is 14.5. The van der Waals surface area contributed by atoms with Gasteiger partial charge in [0, 0.05) is 4.47 Å². The third kappa shape index (κ3) is 5.21. The van der Waals surface area contributed by atoms with E-state index in [4.69, 9.17) is 16.3 Å². The van der Waals surface area contributed by atoms with Crippen LogP contribution in [0.5, 0.6) is 5.75 Å². The highest BCUT2D eigenvalue weighted by Gasteiger charge is 2.04. The topological polar surface area (TPSA) is 50.7 Å². The summed E-state index contributed by atoms with van der Waals surface area (Å²) < 4.78 is 6.24. The lowest BCUT2D eigenvalue weighted by atomic mass is 10.2. The Labute approximate surface area is 135 Å². The van der Waals surface area contributed by atoms with E-state index in [0.717, 1.165) is 10.0 Å². The number of carbonyl (C=O) groups excluding carboxylic acids is 1. The van der Waals surface area contributed by atoms with Crippen LogP contribution in [0.1, 0.15) is 5.56 Å². The standard InChI is InChI=1S/C15H12BrClN2O2/c16-12-5-3-4-11(8-12)9-18-19-15(20)10-21-14-7-2-1-6-13(14)17/h1-9H,10H2,(H,19,20)/b18-9-. The highest BCUT2D eigenvalue weighted by Crippen LogP contribution is 2.22. The van der Waals surface area contributed by atoms with Gasteiger partial charge in [-0.25, -0.2) is 5.43 Å². The minimum Gasteiger partial charge on any atom is -0.482 e. The smallest absolute Gasteiger partial charge is 0.277 e. The second-order valence-corrected chi connectivity index (χ2v) is 5.39. The molecule has 0 spiro atoms. The maximum atomic E-state index is 11.6. The fourth-order valence-corrected chi connectivity index (χ4v) is 2.11. The lowest BCUT2D eigenvalue weighted by Crippen LogP contribution is -2.24. The fraction of sp³-hybridized carbons (Fsp3) is 0.0667. The molecule has 1 amide bonds. The highest BCUT2D eigenvalue weighted by molar-refractivity contribution is 9.10. The van der Waals surface area contributed by atoms with E-state index in [-0.39, 0.29) is 12.5 Å². The molecule has 2 aromatic rings. The SMILES string of the molecule is O=C(COc1ccccc1Cl)N/N=C\c1cccc(Br)c1. The summed E-state index contributed by atoms with van der Waals surface area (Å²) in [6.07, 6.45) is 1.55. The molecule has 0 aliphatic carbocycles. The number of hydrogen-bond donors (Lipinski definition) is 1. The first kappa shape index (κ1) is 15.5. The summed E-state index contributed by atoms with van der Waals surface area (Å²) in [5, 5.41) is 4.32. The van der Waals surface area contributed by atoms with Crippen molar-refractivity contribution in [3.05, 3.63) is 63.6 Å². The second-order valence-electron chi connectivity index (χ2n) is 4.07. The van der Waals surface area contributed by atoms with Crippen LogP contribution >= 0.6 is 27.5 Å². The predicted molar refractivity (Wildman–Crippen MR) is 86.8 cm³/mol. The van der Waals surface area contributed by atoms with Gasteiger partial charge < -0.3 is 4.74 Å². The third-order valence-corrected chi connectivity index (χ3v) is 3.25. The summed E-state index contributed by atoms with van der Waals surface area (Å²) in [5.74, 6) is 0.103. The summed E-state index contributed by atoms with van der Waals surface area (Å²) in [5.41, 5.74) is 3.26. The zero-order chi connectivity index (χ0) is 15.1. The number of ether oxygens (including phenoxy) is 1. The third-order valence-electron chi connectivity index (χ3n) is 2.45. The van der Waals surface area contributed by atoms with Gasteiger partial charge in [0.2, 0.25) is 0 Å². The first-order chi connectivity index (χ1) is 10.1. The molecule has 0 aromatic heterocycles. The molecule has 6 heteroatoms. The molecule has 0 unspecified atom stereocenters. The van der Waals surface area contributed by atoms with Crippen LogP contribution in [0.4, 0.5) is 0 Å². The van der Waals surface area contributed by atoms with Gasteiger partial charge in [0.15, 0.2) is 6.61 Å². The number of nitrogens with one attached hydrogen (secondary N) is 1. The Balaban J connectivity index is 1.81. The number of benzene rings is 2. The Morgan fingerprint density at radius 2 is 2.10 bits per heavy atom. The maximum absolute atomic E-state index is 11.6. The van der Waals surface area contributed by atoms with Crippen LogP contribution in [-0.2, 0) is 4.79 Å². The Bertz CT molecular complexity index is 662. The van der Waals surface area contributed by atoms with Gasteiger partial charge >= 0.3 is 0 Å². The van der Waals surface area contributed by atoms with Crippen LogP contribution in [0.15, 0.2) is 58.1 Å². The van der Waals surface area contributed by atoms with Crippen LogP contribution in [-0.4, -0.2) is 18.7 Å². The van der Waals surface area contributed by atoms with E-state index in [0.29, 0.717) is 10.8 Å². The Kier molecular flexibility index (Phi) is 5.78. The van der Waals surface area contributed by atoms with Crippen LogP contribution in [0, 0.1) is 0 Å². The van der Waals surface area contributed by atoms with E-state index in [1.54, 1.807) is 30.5 Å². The Morgan fingerprint density at radius 3 is 2.86 bits per heavy atom. The van der Waals surface area contributed by atoms with E-state index in [1.165, 1.54) is 0 Å². The van der Waals surface area contributed by atoms with Gasteiger partial charge in [0.1, 0.15) is 5.75 Å². The van der Waals surface area contributed by atoms with Gasteiger partial charge in [0.05, 0.1) is 11.2 Å². The van der Waals surface area contributed by atoms with Crippen molar-refractivity contribution in [3.8, 4) is 5.75 Å². The molecule has 0 radical (unpaired) electrons. The van der Waals surface area contributed by atoms with Crippen molar-refractivity contribution in [1.82, 2.24) is 5.43 Å². The van der Waals surface area contributed by atoms with Crippen molar-refractivity contribution < 1.29 is 9.53 Å². The number of hydrazone groups is 1. The first-order valence-electron chi connectivity index (χ1n) is 6.10. The van der Waals surface area contributed by atoms with Crippen molar-refractivity contribution in [1.29, 1.82) is 0 Å². The molecule has 108 valence electrons. The average Bonchev–Trinajstić information content (AvgIpc) is 2.46. The molecule has 2 aromatic carbocycles. The van der Waals surface area contributed by atoms with Crippen LogP contribution in [0.25, 0.3) is 0 Å². The molecular weight excluding hydrogens is 356 g/mol. The zero-order valence-corrected chi connectivity index (χ0v) is 13.3. The van der Waals surface area contributed by atoms with Gasteiger partial charge in [-0.1, -0.05) is 51.8 Å². The largest absolute Gasteiger partial charge is 0.482 e. The van der Waals surface area contributed by atoms with Gasteiger partial charge in [-0.2, -0.15) is 5.10 Å². The maximum Gasteiger partial charge on any atom is 0.277 e. The molecule has 0 atom stereocenters. The number of carbonyl (C=O) groups is 1. The van der Waals surface area contributed by atoms with E-state index >= 15 is 0 Å². The van der Waals surface area contributed by atoms with Gasteiger partial charge in [-0.3, -0.25) is 4.79 Å².